The first-order valence-corrected chi connectivity index (χ1v) is 9.76. The van der Waals surface area contributed by atoms with E-state index in [4.69, 9.17) is 0 Å². The Morgan fingerprint density at radius 3 is 2.54 bits per heavy atom. The summed E-state index contributed by atoms with van der Waals surface area (Å²) in [6.45, 7) is 0. The minimum atomic E-state index is -0.0390. The molecule has 5 rings (SSSR count). The lowest BCUT2D eigenvalue weighted by atomic mass is 10.1. The van der Waals surface area contributed by atoms with E-state index < -0.39 is 0 Å². The number of benzene rings is 3. The molecule has 134 valence electrons. The number of rotatable bonds is 2. The van der Waals surface area contributed by atoms with Crippen molar-refractivity contribution in [3.8, 4) is 0 Å². The van der Waals surface area contributed by atoms with Crippen molar-refractivity contribution >= 4 is 50.2 Å². The number of carbonyl (C=O) groups is 1. The van der Waals surface area contributed by atoms with Crippen LogP contribution in [0.1, 0.15) is 21.5 Å². The summed E-state index contributed by atoms with van der Waals surface area (Å²) in [5, 5.41) is 1.00. The summed E-state index contributed by atoms with van der Waals surface area (Å²) in [6.07, 6.45) is 3.81. The van der Waals surface area contributed by atoms with Crippen LogP contribution in [0.15, 0.2) is 89.5 Å². The van der Waals surface area contributed by atoms with Gasteiger partial charge in [0, 0.05) is 27.2 Å². The third-order valence-corrected chi connectivity index (χ3v) is 5.38. The van der Waals surface area contributed by atoms with E-state index in [1.54, 1.807) is 11.1 Å². The summed E-state index contributed by atoms with van der Waals surface area (Å²) in [5.41, 5.74) is 5.10. The highest BCUT2D eigenvalue weighted by molar-refractivity contribution is 9.10. The highest BCUT2D eigenvalue weighted by atomic mass is 79.9. The Hall–Kier alpha value is -3.24. The number of para-hydroxylation sites is 1. The third-order valence-electron chi connectivity index (χ3n) is 4.89. The number of halogens is 1. The number of hydrogen-bond acceptors (Lipinski definition) is 2. The molecule has 2 heterocycles. The molecule has 0 radical (unpaired) electrons. The summed E-state index contributed by atoms with van der Waals surface area (Å²) in [7, 11) is 0. The van der Waals surface area contributed by atoms with Crippen LogP contribution in [0.3, 0.4) is 0 Å². The first-order chi connectivity index (χ1) is 13.7. The molecule has 0 bridgehead atoms. The maximum Gasteiger partial charge on any atom is 0.263 e. The highest BCUT2D eigenvalue weighted by Gasteiger charge is 2.34. The van der Waals surface area contributed by atoms with Gasteiger partial charge < -0.3 is 0 Å². The number of aromatic nitrogens is 1. The second kappa shape index (κ2) is 6.73. The fourth-order valence-electron chi connectivity index (χ4n) is 3.62. The minimum absolute atomic E-state index is 0.0390. The van der Waals surface area contributed by atoms with Gasteiger partial charge in [0.1, 0.15) is 0 Å². The molecule has 1 aliphatic heterocycles. The fraction of sp³-hybridized carbons (Fsp3) is 0. The van der Waals surface area contributed by atoms with Crippen LogP contribution in [0.4, 0.5) is 5.69 Å². The topological polar surface area (TPSA) is 33.2 Å². The van der Waals surface area contributed by atoms with Gasteiger partial charge in [-0.3, -0.25) is 14.7 Å². The monoisotopic (exact) mass is 426 g/mol. The number of fused-ring (bicyclic) bond motifs is 2. The summed E-state index contributed by atoms with van der Waals surface area (Å²) in [4.78, 5) is 19.7. The Morgan fingerprint density at radius 2 is 1.68 bits per heavy atom. The van der Waals surface area contributed by atoms with Crippen LogP contribution < -0.4 is 4.90 Å². The van der Waals surface area contributed by atoms with Gasteiger partial charge in [-0.1, -0.05) is 64.5 Å². The molecule has 3 aromatic carbocycles. The van der Waals surface area contributed by atoms with Gasteiger partial charge in [0.25, 0.3) is 5.91 Å². The molecule has 0 unspecified atom stereocenters. The van der Waals surface area contributed by atoms with Crippen LogP contribution in [0, 0.1) is 0 Å². The van der Waals surface area contributed by atoms with Gasteiger partial charge in [-0.25, -0.2) is 0 Å². The maximum absolute atomic E-state index is 13.4. The lowest BCUT2D eigenvalue weighted by Gasteiger charge is -2.20. The van der Waals surface area contributed by atoms with Crippen molar-refractivity contribution in [2.24, 2.45) is 0 Å². The van der Waals surface area contributed by atoms with Crippen LogP contribution in [0.5, 0.6) is 0 Å². The van der Waals surface area contributed by atoms with E-state index in [0.29, 0.717) is 5.56 Å². The molecule has 0 saturated heterocycles. The molecular weight excluding hydrogens is 412 g/mol. The Bertz CT molecular complexity index is 1240. The van der Waals surface area contributed by atoms with Gasteiger partial charge in [0.15, 0.2) is 0 Å². The molecule has 28 heavy (non-hydrogen) atoms. The number of nitrogens with zero attached hydrogens (tertiary/aromatic N) is 2. The molecule has 1 aliphatic rings. The van der Waals surface area contributed by atoms with E-state index in [9.17, 15) is 4.79 Å². The summed E-state index contributed by atoms with van der Waals surface area (Å²) in [6, 6.07) is 25.7. The van der Waals surface area contributed by atoms with Crippen molar-refractivity contribution in [1.82, 2.24) is 4.98 Å². The number of anilines is 1. The van der Waals surface area contributed by atoms with E-state index in [2.05, 4.69) is 27.0 Å². The average molecular weight is 427 g/mol. The predicted molar refractivity (Wildman–Crippen MR) is 117 cm³/mol. The molecule has 0 atom stereocenters. The summed E-state index contributed by atoms with van der Waals surface area (Å²) in [5.74, 6) is -0.0390. The summed E-state index contributed by atoms with van der Waals surface area (Å²) < 4.78 is 0.941. The lowest BCUT2D eigenvalue weighted by Crippen LogP contribution is -2.22. The largest absolute Gasteiger partial charge is 0.274 e. The zero-order valence-electron chi connectivity index (χ0n) is 14.8. The van der Waals surface area contributed by atoms with Gasteiger partial charge in [0.2, 0.25) is 0 Å². The first-order valence-electron chi connectivity index (χ1n) is 8.97. The van der Waals surface area contributed by atoms with E-state index in [1.165, 1.54) is 0 Å². The van der Waals surface area contributed by atoms with E-state index in [1.807, 2.05) is 78.9 Å². The van der Waals surface area contributed by atoms with Crippen molar-refractivity contribution in [3.05, 3.63) is 106 Å². The molecule has 1 amide bonds. The summed E-state index contributed by atoms with van der Waals surface area (Å²) >= 11 is 3.54. The van der Waals surface area contributed by atoms with Crippen molar-refractivity contribution in [3.63, 3.8) is 0 Å². The molecule has 0 N–H and O–H groups in total. The number of hydrogen-bond donors (Lipinski definition) is 0. The van der Waals surface area contributed by atoms with Gasteiger partial charge in [0.05, 0.1) is 16.9 Å². The van der Waals surface area contributed by atoms with Gasteiger partial charge in [-0.2, -0.15) is 0 Å². The molecule has 0 fully saturated rings. The van der Waals surface area contributed by atoms with Crippen LogP contribution in [-0.2, 0) is 0 Å². The second-order valence-corrected chi connectivity index (χ2v) is 7.54. The molecule has 0 aliphatic carbocycles. The van der Waals surface area contributed by atoms with Crippen LogP contribution in [0.25, 0.3) is 22.7 Å². The molecule has 3 nitrogen and oxygen atoms in total. The van der Waals surface area contributed by atoms with Crippen molar-refractivity contribution < 1.29 is 4.79 Å². The first kappa shape index (κ1) is 16.9. The maximum atomic E-state index is 13.4. The van der Waals surface area contributed by atoms with E-state index >= 15 is 0 Å². The molecule has 0 saturated carbocycles. The van der Waals surface area contributed by atoms with Crippen LogP contribution in [-0.4, -0.2) is 10.9 Å². The Kier molecular flexibility index (Phi) is 4.06. The van der Waals surface area contributed by atoms with E-state index in [0.717, 1.165) is 37.9 Å². The zero-order valence-corrected chi connectivity index (χ0v) is 16.4. The molecule has 4 aromatic rings. The minimum Gasteiger partial charge on any atom is -0.274 e. The molecule has 4 heteroatoms. The molecule has 1 aromatic heterocycles. The zero-order chi connectivity index (χ0) is 19.1. The Balaban J connectivity index is 1.78. The normalized spacial score (nSPS) is 14.7. The Labute approximate surface area is 171 Å². The number of pyridine rings is 1. The SMILES string of the molecule is O=C1c2ccc(Br)cc2/C(=C/c2ccccc2)N1c1cccc2cccnc12. The standard InChI is InChI=1S/C24H15BrN2O/c25-18-11-12-19-20(15-18)22(14-16-6-2-1-3-7-16)27(24(19)28)21-10-4-8-17-9-5-13-26-23(17)21/h1-15H/b22-14-. The highest BCUT2D eigenvalue weighted by Crippen LogP contribution is 2.41. The average Bonchev–Trinajstić information content (AvgIpc) is 2.99. The van der Waals surface area contributed by atoms with Gasteiger partial charge in [-0.05, 0) is 42.0 Å². The lowest BCUT2D eigenvalue weighted by molar-refractivity contribution is 0.101. The van der Waals surface area contributed by atoms with Gasteiger partial charge in [-0.15, -0.1) is 0 Å². The van der Waals surface area contributed by atoms with Crippen molar-refractivity contribution in [2.45, 2.75) is 0 Å². The number of amides is 1. The van der Waals surface area contributed by atoms with Crippen LogP contribution in [0.2, 0.25) is 0 Å². The molecule has 0 spiro atoms. The van der Waals surface area contributed by atoms with Gasteiger partial charge >= 0.3 is 0 Å². The molecular formula is C24H15BrN2O. The Morgan fingerprint density at radius 1 is 0.857 bits per heavy atom. The smallest absolute Gasteiger partial charge is 0.263 e. The van der Waals surface area contributed by atoms with Crippen molar-refractivity contribution in [2.75, 3.05) is 4.90 Å². The second-order valence-electron chi connectivity index (χ2n) is 6.62. The van der Waals surface area contributed by atoms with Crippen LogP contribution >= 0.6 is 15.9 Å². The fourth-order valence-corrected chi connectivity index (χ4v) is 3.98. The van der Waals surface area contributed by atoms with Crippen molar-refractivity contribution in [1.29, 1.82) is 0 Å². The quantitative estimate of drug-likeness (QED) is 0.384. The predicted octanol–water partition coefficient (Wildman–Crippen LogP) is 6.16. The third kappa shape index (κ3) is 2.74. The van der Waals surface area contributed by atoms with E-state index in [-0.39, 0.29) is 5.91 Å². The number of carbonyl (C=O) groups excluding carboxylic acids is 1.